The Morgan fingerprint density at radius 3 is 2.74 bits per heavy atom. The third-order valence-electron chi connectivity index (χ3n) is 3.17. The van der Waals surface area contributed by atoms with Crippen molar-refractivity contribution < 1.29 is 9.15 Å². The first kappa shape index (κ1) is 13.6. The number of nitrogens with one attached hydrogen (secondary N) is 1. The van der Waals surface area contributed by atoms with Crippen LogP contribution >= 0.6 is 0 Å². The van der Waals surface area contributed by atoms with E-state index in [1.807, 2.05) is 26.0 Å². The van der Waals surface area contributed by atoms with E-state index >= 15 is 0 Å². The topological polar surface area (TPSA) is 49.5 Å². The lowest BCUT2D eigenvalue weighted by Gasteiger charge is -2.29. The lowest BCUT2D eigenvalue weighted by Crippen LogP contribution is -2.34. The van der Waals surface area contributed by atoms with Gasteiger partial charge in [-0.15, -0.1) is 0 Å². The van der Waals surface area contributed by atoms with Crippen LogP contribution in [0.1, 0.15) is 24.0 Å². The number of nitrogens with zero attached hydrogens (tertiary/aromatic N) is 1. The zero-order chi connectivity index (χ0) is 13.8. The Balaban J connectivity index is 2.20. The van der Waals surface area contributed by atoms with Crippen LogP contribution < -0.4 is 0 Å². The summed E-state index contributed by atoms with van der Waals surface area (Å²) in [5, 5.41) is 7.88. The Bertz CT molecular complexity index is 508. The highest BCUT2D eigenvalue weighted by Gasteiger charge is 2.19. The lowest BCUT2D eigenvalue weighted by atomic mass is 10.2. The standard InChI is InChI=1S/C15H20N2O2/c1-4-5-13(16)14-10-11(2)15(19-14)12(3)17-6-8-18-9-7-17/h4-5,10,16H,3,6-9H2,1-2H3/b5-4+,16-13?. The summed E-state index contributed by atoms with van der Waals surface area (Å²) in [6.07, 6.45) is 3.55. The van der Waals surface area contributed by atoms with E-state index in [2.05, 4.69) is 11.5 Å². The summed E-state index contributed by atoms with van der Waals surface area (Å²) in [7, 11) is 0. The van der Waals surface area contributed by atoms with Crippen molar-refractivity contribution >= 4 is 11.4 Å². The van der Waals surface area contributed by atoms with Gasteiger partial charge in [-0.3, -0.25) is 5.41 Å². The number of rotatable bonds is 4. The van der Waals surface area contributed by atoms with E-state index in [1.54, 1.807) is 6.08 Å². The molecule has 102 valence electrons. The molecule has 1 aromatic heterocycles. The summed E-state index contributed by atoms with van der Waals surface area (Å²) in [5.74, 6) is 1.35. The lowest BCUT2D eigenvalue weighted by molar-refractivity contribution is 0.0634. The minimum absolute atomic E-state index is 0.381. The second kappa shape index (κ2) is 5.89. The molecule has 1 aliphatic rings. The summed E-state index contributed by atoms with van der Waals surface area (Å²) in [4.78, 5) is 2.17. The molecule has 1 aliphatic heterocycles. The molecule has 0 aromatic carbocycles. The fourth-order valence-electron chi connectivity index (χ4n) is 2.13. The molecule has 1 N–H and O–H groups in total. The Hall–Kier alpha value is -1.81. The van der Waals surface area contributed by atoms with E-state index in [-0.39, 0.29) is 0 Å². The van der Waals surface area contributed by atoms with E-state index in [0.29, 0.717) is 11.5 Å². The first-order valence-electron chi connectivity index (χ1n) is 6.47. The van der Waals surface area contributed by atoms with Gasteiger partial charge in [0.15, 0.2) is 11.5 Å². The number of allylic oxidation sites excluding steroid dienone is 2. The van der Waals surface area contributed by atoms with Gasteiger partial charge in [-0.1, -0.05) is 12.7 Å². The maximum Gasteiger partial charge on any atom is 0.153 e. The van der Waals surface area contributed by atoms with Crippen molar-refractivity contribution in [3.05, 3.63) is 41.9 Å². The van der Waals surface area contributed by atoms with Crippen molar-refractivity contribution in [3.63, 3.8) is 0 Å². The van der Waals surface area contributed by atoms with Gasteiger partial charge in [-0.25, -0.2) is 0 Å². The molecule has 1 fully saturated rings. The summed E-state index contributed by atoms with van der Waals surface area (Å²) in [6, 6.07) is 1.89. The van der Waals surface area contributed by atoms with Crippen LogP contribution in [0.25, 0.3) is 5.70 Å². The minimum Gasteiger partial charge on any atom is -0.453 e. The van der Waals surface area contributed by atoms with Gasteiger partial charge in [0.05, 0.1) is 24.6 Å². The van der Waals surface area contributed by atoms with Gasteiger partial charge in [-0.2, -0.15) is 0 Å². The van der Waals surface area contributed by atoms with Crippen molar-refractivity contribution in [2.75, 3.05) is 26.3 Å². The van der Waals surface area contributed by atoms with E-state index in [9.17, 15) is 0 Å². The van der Waals surface area contributed by atoms with Gasteiger partial charge >= 0.3 is 0 Å². The zero-order valence-corrected chi connectivity index (χ0v) is 11.5. The number of hydrogen-bond donors (Lipinski definition) is 1. The molecule has 4 heteroatoms. The molecule has 1 aromatic rings. The largest absolute Gasteiger partial charge is 0.453 e. The molecular formula is C15H20N2O2. The summed E-state index contributed by atoms with van der Waals surface area (Å²) in [6.45, 7) is 11.1. The molecular weight excluding hydrogens is 240 g/mol. The van der Waals surface area contributed by atoms with Crippen molar-refractivity contribution in [1.29, 1.82) is 5.41 Å². The maximum absolute atomic E-state index is 7.88. The van der Waals surface area contributed by atoms with Crippen LogP contribution in [0.2, 0.25) is 0 Å². The summed E-state index contributed by atoms with van der Waals surface area (Å²) in [5.41, 5.74) is 2.27. The third-order valence-corrected chi connectivity index (χ3v) is 3.17. The maximum atomic E-state index is 7.88. The van der Waals surface area contributed by atoms with Gasteiger partial charge in [-0.05, 0) is 31.6 Å². The van der Waals surface area contributed by atoms with E-state index < -0.39 is 0 Å². The zero-order valence-electron chi connectivity index (χ0n) is 11.5. The second-order valence-electron chi connectivity index (χ2n) is 4.58. The first-order valence-corrected chi connectivity index (χ1v) is 6.47. The fraction of sp³-hybridized carbons (Fsp3) is 0.400. The first-order chi connectivity index (χ1) is 9.13. The third kappa shape index (κ3) is 2.96. The molecule has 0 atom stereocenters. The van der Waals surface area contributed by atoms with E-state index in [0.717, 1.165) is 43.3 Å². The van der Waals surface area contributed by atoms with E-state index in [1.165, 1.54) is 0 Å². The van der Waals surface area contributed by atoms with E-state index in [4.69, 9.17) is 14.6 Å². The van der Waals surface area contributed by atoms with Gasteiger partial charge in [0, 0.05) is 13.1 Å². The molecule has 0 aliphatic carbocycles. The monoisotopic (exact) mass is 260 g/mol. The van der Waals surface area contributed by atoms with Crippen molar-refractivity contribution in [1.82, 2.24) is 4.90 Å². The van der Waals surface area contributed by atoms with Crippen molar-refractivity contribution in [3.8, 4) is 0 Å². The highest BCUT2D eigenvalue weighted by molar-refractivity contribution is 6.04. The molecule has 0 bridgehead atoms. The molecule has 2 rings (SSSR count). The Morgan fingerprint density at radius 2 is 2.11 bits per heavy atom. The normalized spacial score (nSPS) is 16.0. The number of furan rings is 1. The fourth-order valence-corrected chi connectivity index (χ4v) is 2.13. The average molecular weight is 260 g/mol. The van der Waals surface area contributed by atoms with Gasteiger partial charge in [0.2, 0.25) is 0 Å². The smallest absolute Gasteiger partial charge is 0.153 e. The SMILES string of the molecule is C=C(c1oc(C(=N)/C=C/C)cc1C)N1CCOCC1. The predicted octanol–water partition coefficient (Wildman–Crippen LogP) is 2.83. The van der Waals surface area contributed by atoms with Crippen LogP contribution in [0, 0.1) is 12.3 Å². The van der Waals surface area contributed by atoms with Crippen LogP contribution in [-0.2, 0) is 4.74 Å². The van der Waals surface area contributed by atoms with Crippen LogP contribution in [0.15, 0.2) is 29.2 Å². The number of aryl methyl sites for hydroxylation is 1. The number of morpholine rings is 1. The van der Waals surface area contributed by atoms with Crippen LogP contribution in [0.5, 0.6) is 0 Å². The molecule has 0 unspecified atom stereocenters. The van der Waals surface area contributed by atoms with Crippen molar-refractivity contribution in [2.45, 2.75) is 13.8 Å². The molecule has 1 saturated heterocycles. The summed E-state index contributed by atoms with van der Waals surface area (Å²) < 4.78 is 11.1. The number of hydrogen-bond acceptors (Lipinski definition) is 4. The van der Waals surface area contributed by atoms with Crippen molar-refractivity contribution in [2.24, 2.45) is 0 Å². The van der Waals surface area contributed by atoms with Crippen LogP contribution in [0.3, 0.4) is 0 Å². The highest BCUT2D eigenvalue weighted by atomic mass is 16.5. The Morgan fingerprint density at radius 1 is 1.42 bits per heavy atom. The molecule has 2 heterocycles. The summed E-state index contributed by atoms with van der Waals surface area (Å²) >= 11 is 0. The quantitative estimate of drug-likeness (QED) is 0.847. The van der Waals surface area contributed by atoms with Gasteiger partial charge < -0.3 is 14.1 Å². The highest BCUT2D eigenvalue weighted by Crippen LogP contribution is 2.25. The minimum atomic E-state index is 0.381. The molecule has 0 amide bonds. The second-order valence-corrected chi connectivity index (χ2v) is 4.58. The molecule has 0 radical (unpaired) electrons. The molecule has 4 nitrogen and oxygen atoms in total. The number of ether oxygens (including phenoxy) is 1. The van der Waals surface area contributed by atoms with Crippen LogP contribution in [0.4, 0.5) is 0 Å². The van der Waals surface area contributed by atoms with Gasteiger partial charge in [0.1, 0.15) is 0 Å². The molecule has 0 spiro atoms. The Kier molecular flexibility index (Phi) is 4.22. The predicted molar refractivity (Wildman–Crippen MR) is 76.5 cm³/mol. The average Bonchev–Trinajstić information content (AvgIpc) is 2.81. The van der Waals surface area contributed by atoms with Gasteiger partial charge in [0.25, 0.3) is 0 Å². The Labute approximate surface area is 113 Å². The van der Waals surface area contributed by atoms with Crippen LogP contribution in [-0.4, -0.2) is 36.9 Å². The molecule has 0 saturated carbocycles. The molecule has 19 heavy (non-hydrogen) atoms.